The fourth-order valence-corrected chi connectivity index (χ4v) is 2.57. The summed E-state index contributed by atoms with van der Waals surface area (Å²) in [5, 5.41) is 4.98. The van der Waals surface area contributed by atoms with Gasteiger partial charge in [0.2, 0.25) is 5.91 Å². The van der Waals surface area contributed by atoms with E-state index < -0.39 is 17.8 Å². The number of hydrazine groups is 1. The van der Waals surface area contributed by atoms with Gasteiger partial charge >= 0.3 is 5.97 Å². The van der Waals surface area contributed by atoms with Crippen molar-refractivity contribution in [2.45, 2.75) is 26.2 Å². The second-order valence-corrected chi connectivity index (χ2v) is 6.98. The van der Waals surface area contributed by atoms with Gasteiger partial charge in [-0.05, 0) is 55.0 Å². The van der Waals surface area contributed by atoms with Crippen molar-refractivity contribution in [3.05, 3.63) is 65.7 Å². The fraction of sp³-hybridized carbons (Fsp3) is 0.227. The normalized spacial score (nSPS) is 9.91. The van der Waals surface area contributed by atoms with Crippen molar-refractivity contribution in [2.75, 3.05) is 11.9 Å². The molecule has 0 saturated carbocycles. The van der Waals surface area contributed by atoms with Crippen LogP contribution in [-0.4, -0.2) is 35.4 Å². The quantitative estimate of drug-likeness (QED) is 0.273. The first-order chi connectivity index (χ1) is 15.4. The van der Waals surface area contributed by atoms with E-state index in [1.165, 1.54) is 12.1 Å². The standard InChI is InChI=1S/C22H24N4O5S/c1-2-14-31-19(28)13-12-18(27)24-22(32)26-25-21(30)16-8-10-17(11-9-16)23-20(29)15-6-4-3-5-7-15/h3-11H,2,12-14H2,1H3,(H,23,29)(H,25,30)(H2,24,26,27,32). The summed E-state index contributed by atoms with van der Waals surface area (Å²) >= 11 is 4.94. The van der Waals surface area contributed by atoms with Crippen LogP contribution in [0.4, 0.5) is 5.69 Å². The predicted molar refractivity (Wildman–Crippen MR) is 123 cm³/mol. The van der Waals surface area contributed by atoms with Crippen LogP contribution < -0.4 is 21.5 Å². The lowest BCUT2D eigenvalue weighted by atomic mass is 10.2. The van der Waals surface area contributed by atoms with Crippen molar-refractivity contribution in [1.29, 1.82) is 0 Å². The highest BCUT2D eigenvalue weighted by Gasteiger charge is 2.11. The Morgan fingerprint density at radius 2 is 1.50 bits per heavy atom. The van der Waals surface area contributed by atoms with Crippen molar-refractivity contribution < 1.29 is 23.9 Å². The SMILES string of the molecule is CCCOC(=O)CCC(=O)NC(=S)NNC(=O)c1ccc(NC(=O)c2ccccc2)cc1. The van der Waals surface area contributed by atoms with Crippen LogP contribution in [0.5, 0.6) is 0 Å². The van der Waals surface area contributed by atoms with Crippen molar-refractivity contribution in [1.82, 2.24) is 16.2 Å². The number of hydrogen-bond donors (Lipinski definition) is 4. The van der Waals surface area contributed by atoms with Gasteiger partial charge in [0.15, 0.2) is 5.11 Å². The van der Waals surface area contributed by atoms with E-state index in [1.807, 2.05) is 13.0 Å². The molecule has 0 aliphatic rings. The molecule has 0 heterocycles. The molecule has 4 N–H and O–H groups in total. The third kappa shape index (κ3) is 8.52. The number of carbonyl (C=O) groups excluding carboxylic acids is 4. The van der Waals surface area contributed by atoms with E-state index in [-0.39, 0.29) is 23.9 Å². The predicted octanol–water partition coefficient (Wildman–Crippen LogP) is 2.31. The van der Waals surface area contributed by atoms with Crippen LogP contribution in [0, 0.1) is 0 Å². The zero-order valence-corrected chi connectivity index (χ0v) is 18.3. The summed E-state index contributed by atoms with van der Waals surface area (Å²) in [4.78, 5) is 47.5. The Balaban J connectivity index is 1.74. The average Bonchev–Trinajstić information content (AvgIpc) is 2.80. The summed E-state index contributed by atoms with van der Waals surface area (Å²) in [7, 11) is 0. The summed E-state index contributed by atoms with van der Waals surface area (Å²) in [6.07, 6.45) is 0.555. The first-order valence-corrected chi connectivity index (χ1v) is 10.3. The molecule has 10 heteroatoms. The van der Waals surface area contributed by atoms with Crippen LogP contribution in [0.3, 0.4) is 0 Å². The number of benzene rings is 2. The number of carbonyl (C=O) groups is 4. The Hall–Kier alpha value is -3.79. The van der Waals surface area contributed by atoms with E-state index in [0.29, 0.717) is 29.8 Å². The van der Waals surface area contributed by atoms with Gasteiger partial charge in [0, 0.05) is 23.2 Å². The first-order valence-electron chi connectivity index (χ1n) is 9.91. The lowest BCUT2D eigenvalue weighted by molar-refractivity contribution is -0.144. The van der Waals surface area contributed by atoms with Gasteiger partial charge in [0.05, 0.1) is 13.0 Å². The van der Waals surface area contributed by atoms with Crippen LogP contribution in [0.2, 0.25) is 0 Å². The Bertz CT molecular complexity index is 964. The lowest BCUT2D eigenvalue weighted by Gasteiger charge is -2.11. The third-order valence-corrected chi connectivity index (χ3v) is 4.21. The van der Waals surface area contributed by atoms with Crippen LogP contribution >= 0.6 is 12.2 Å². The second kappa shape index (κ2) is 12.8. The number of esters is 1. The molecule has 168 valence electrons. The highest BCUT2D eigenvalue weighted by atomic mass is 32.1. The molecule has 0 spiro atoms. The van der Waals surface area contributed by atoms with E-state index in [9.17, 15) is 19.2 Å². The maximum absolute atomic E-state index is 12.2. The monoisotopic (exact) mass is 456 g/mol. The molecule has 3 amide bonds. The number of thiocarbonyl (C=S) groups is 1. The summed E-state index contributed by atoms with van der Waals surface area (Å²) in [6.45, 7) is 2.18. The highest BCUT2D eigenvalue weighted by Crippen LogP contribution is 2.11. The molecule has 0 bridgehead atoms. The van der Waals surface area contributed by atoms with E-state index in [0.717, 1.165) is 0 Å². The maximum atomic E-state index is 12.2. The van der Waals surface area contributed by atoms with Gasteiger partial charge < -0.3 is 15.4 Å². The number of rotatable bonds is 8. The molecule has 0 radical (unpaired) electrons. The zero-order valence-electron chi connectivity index (χ0n) is 17.5. The minimum atomic E-state index is -0.495. The molecule has 0 saturated heterocycles. The molecular weight excluding hydrogens is 432 g/mol. The van der Waals surface area contributed by atoms with Crippen molar-refractivity contribution in [2.24, 2.45) is 0 Å². The number of hydrogen-bond acceptors (Lipinski definition) is 6. The summed E-state index contributed by atoms with van der Waals surface area (Å²) in [6, 6.07) is 15.0. The molecule has 0 unspecified atom stereocenters. The van der Waals surface area contributed by atoms with Gasteiger partial charge in [-0.3, -0.25) is 30.0 Å². The number of ether oxygens (including phenoxy) is 1. The molecule has 0 aliphatic carbocycles. The molecule has 0 aliphatic heterocycles. The van der Waals surface area contributed by atoms with Crippen molar-refractivity contribution in [3.63, 3.8) is 0 Å². The fourth-order valence-electron chi connectivity index (χ4n) is 2.41. The molecule has 0 atom stereocenters. The lowest BCUT2D eigenvalue weighted by Crippen LogP contribution is -2.48. The van der Waals surface area contributed by atoms with Gasteiger partial charge in [0.1, 0.15) is 0 Å². The van der Waals surface area contributed by atoms with Gasteiger partial charge in [-0.25, -0.2) is 0 Å². The smallest absolute Gasteiger partial charge is 0.306 e. The Labute approximate surface area is 190 Å². The Morgan fingerprint density at radius 3 is 2.16 bits per heavy atom. The molecule has 0 aromatic heterocycles. The largest absolute Gasteiger partial charge is 0.466 e. The van der Waals surface area contributed by atoms with Crippen LogP contribution in [0.1, 0.15) is 46.9 Å². The molecular formula is C22H24N4O5S. The molecule has 2 aromatic rings. The topological polar surface area (TPSA) is 126 Å². The second-order valence-electron chi connectivity index (χ2n) is 6.57. The van der Waals surface area contributed by atoms with Gasteiger partial charge in [-0.2, -0.15) is 0 Å². The van der Waals surface area contributed by atoms with E-state index in [4.69, 9.17) is 17.0 Å². The van der Waals surface area contributed by atoms with Crippen LogP contribution in [0.25, 0.3) is 0 Å². The summed E-state index contributed by atoms with van der Waals surface area (Å²) in [5.74, 6) is -1.70. The molecule has 9 nitrogen and oxygen atoms in total. The molecule has 2 rings (SSSR count). The average molecular weight is 457 g/mol. The zero-order chi connectivity index (χ0) is 23.3. The number of nitrogens with one attached hydrogen (secondary N) is 4. The van der Waals surface area contributed by atoms with Crippen LogP contribution in [-0.2, 0) is 14.3 Å². The van der Waals surface area contributed by atoms with E-state index in [1.54, 1.807) is 36.4 Å². The number of anilines is 1. The maximum Gasteiger partial charge on any atom is 0.306 e. The van der Waals surface area contributed by atoms with Crippen molar-refractivity contribution in [3.8, 4) is 0 Å². The third-order valence-electron chi connectivity index (χ3n) is 4.01. The van der Waals surface area contributed by atoms with E-state index in [2.05, 4.69) is 21.5 Å². The van der Waals surface area contributed by atoms with Crippen molar-refractivity contribution >= 4 is 46.7 Å². The Kier molecular flexibility index (Phi) is 9.79. The number of amides is 3. The van der Waals surface area contributed by atoms with Gasteiger partial charge in [0.25, 0.3) is 11.8 Å². The van der Waals surface area contributed by atoms with E-state index >= 15 is 0 Å². The molecule has 0 fully saturated rings. The van der Waals surface area contributed by atoms with Gasteiger partial charge in [-0.15, -0.1) is 0 Å². The minimum Gasteiger partial charge on any atom is -0.466 e. The summed E-state index contributed by atoms with van der Waals surface area (Å²) in [5.41, 5.74) is 6.13. The first kappa shape index (κ1) is 24.5. The minimum absolute atomic E-state index is 0.0615. The highest BCUT2D eigenvalue weighted by molar-refractivity contribution is 7.80. The molecule has 2 aromatic carbocycles. The van der Waals surface area contributed by atoms with Gasteiger partial charge in [-0.1, -0.05) is 25.1 Å². The molecule has 32 heavy (non-hydrogen) atoms. The summed E-state index contributed by atoms with van der Waals surface area (Å²) < 4.78 is 4.88. The van der Waals surface area contributed by atoms with Crippen LogP contribution in [0.15, 0.2) is 54.6 Å². The Morgan fingerprint density at radius 1 is 0.844 bits per heavy atom.